The summed E-state index contributed by atoms with van der Waals surface area (Å²) in [5.74, 6) is 1.18. The third kappa shape index (κ3) is 4.77. The highest BCUT2D eigenvalue weighted by molar-refractivity contribution is 7.99. The smallest absolute Gasteiger partial charge is 0.336 e. The molecule has 0 bridgehead atoms. The Labute approximate surface area is 178 Å². The Morgan fingerprint density at radius 3 is 2.72 bits per heavy atom. The fourth-order valence-electron chi connectivity index (χ4n) is 4.31. The Balaban J connectivity index is 2.03. The number of allylic oxidation sites excluding steroid dienone is 3. The van der Waals surface area contributed by atoms with Gasteiger partial charge in [0.25, 0.3) is 0 Å². The van der Waals surface area contributed by atoms with Gasteiger partial charge in [-0.2, -0.15) is 11.8 Å². The third-order valence-electron chi connectivity index (χ3n) is 5.50. The molecule has 1 aromatic rings. The average Bonchev–Trinajstić information content (AvgIpc) is 2.63. The van der Waals surface area contributed by atoms with Crippen molar-refractivity contribution >= 4 is 23.5 Å². The topological polar surface area (TPSA) is 55.4 Å². The second-order valence-corrected chi connectivity index (χ2v) is 10.1. The number of esters is 1. The summed E-state index contributed by atoms with van der Waals surface area (Å²) in [6.07, 6.45) is 1.29. The summed E-state index contributed by atoms with van der Waals surface area (Å²) >= 11 is 1.74. The number of Topliss-reactive ketones (excluding diaryl/α,β-unsaturated/α-hetero) is 1. The first-order chi connectivity index (χ1) is 13.7. The van der Waals surface area contributed by atoms with Gasteiger partial charge in [0.1, 0.15) is 6.61 Å². The van der Waals surface area contributed by atoms with E-state index in [1.165, 1.54) is 0 Å². The summed E-state index contributed by atoms with van der Waals surface area (Å²) in [5, 5.41) is 3.38. The molecule has 1 aromatic carbocycles. The number of benzene rings is 1. The number of aryl methyl sites for hydroxylation is 1. The van der Waals surface area contributed by atoms with Crippen LogP contribution in [0.5, 0.6) is 0 Å². The molecule has 0 radical (unpaired) electrons. The highest BCUT2D eigenvalue weighted by atomic mass is 32.2. The largest absolute Gasteiger partial charge is 0.461 e. The lowest BCUT2D eigenvalue weighted by Crippen LogP contribution is -2.38. The van der Waals surface area contributed by atoms with Crippen molar-refractivity contribution in [2.75, 3.05) is 18.1 Å². The van der Waals surface area contributed by atoms with Crippen LogP contribution >= 0.6 is 11.8 Å². The maximum Gasteiger partial charge on any atom is 0.336 e. The zero-order valence-electron chi connectivity index (χ0n) is 18.1. The van der Waals surface area contributed by atoms with E-state index < -0.39 is 0 Å². The van der Waals surface area contributed by atoms with E-state index in [1.807, 2.05) is 32.0 Å². The van der Waals surface area contributed by atoms with Crippen molar-refractivity contribution in [1.29, 1.82) is 0 Å². The van der Waals surface area contributed by atoms with E-state index in [0.29, 0.717) is 18.6 Å². The number of thioether (sulfide) groups is 1. The molecule has 2 aliphatic rings. The fraction of sp³-hybridized carbons (Fsp3) is 0.500. The van der Waals surface area contributed by atoms with Crippen molar-refractivity contribution in [3.63, 3.8) is 0 Å². The summed E-state index contributed by atoms with van der Waals surface area (Å²) < 4.78 is 5.60. The molecule has 1 heterocycles. The minimum Gasteiger partial charge on any atom is -0.461 e. The Hall–Kier alpha value is -2.01. The van der Waals surface area contributed by atoms with Crippen LogP contribution in [0.3, 0.4) is 0 Å². The molecule has 0 spiro atoms. The van der Waals surface area contributed by atoms with Crippen LogP contribution in [0.15, 0.2) is 46.8 Å². The highest BCUT2D eigenvalue weighted by Crippen LogP contribution is 2.46. The van der Waals surface area contributed by atoms with Crippen molar-refractivity contribution in [1.82, 2.24) is 5.32 Å². The molecule has 0 fully saturated rings. The molecule has 1 N–H and O–H groups in total. The van der Waals surface area contributed by atoms with Crippen LogP contribution < -0.4 is 5.32 Å². The average molecular weight is 414 g/mol. The predicted octanol–water partition coefficient (Wildman–Crippen LogP) is 4.90. The number of hydrogen-bond donors (Lipinski definition) is 1. The van der Waals surface area contributed by atoms with Crippen molar-refractivity contribution < 1.29 is 14.3 Å². The van der Waals surface area contributed by atoms with Gasteiger partial charge in [0.15, 0.2) is 5.78 Å². The van der Waals surface area contributed by atoms with E-state index >= 15 is 0 Å². The number of carbonyl (C=O) groups is 2. The number of dihydropyridines is 1. The van der Waals surface area contributed by atoms with Gasteiger partial charge in [-0.1, -0.05) is 50.6 Å². The number of ketones is 1. The first-order valence-corrected chi connectivity index (χ1v) is 11.4. The lowest BCUT2D eigenvalue weighted by atomic mass is 9.68. The molecule has 1 atom stereocenters. The Morgan fingerprint density at radius 2 is 2.03 bits per heavy atom. The molecule has 0 saturated heterocycles. The molecule has 0 aromatic heterocycles. The Bertz CT molecular complexity index is 882. The van der Waals surface area contributed by atoms with Gasteiger partial charge in [0.05, 0.1) is 5.57 Å². The summed E-state index contributed by atoms with van der Waals surface area (Å²) in [6, 6.07) is 8.10. The predicted molar refractivity (Wildman–Crippen MR) is 119 cm³/mol. The number of rotatable bonds is 6. The molecule has 29 heavy (non-hydrogen) atoms. The van der Waals surface area contributed by atoms with Gasteiger partial charge < -0.3 is 10.1 Å². The van der Waals surface area contributed by atoms with Gasteiger partial charge in [-0.05, 0) is 37.0 Å². The van der Waals surface area contributed by atoms with E-state index in [2.05, 4.69) is 32.2 Å². The van der Waals surface area contributed by atoms with Gasteiger partial charge >= 0.3 is 5.97 Å². The van der Waals surface area contributed by atoms with Gasteiger partial charge in [0.2, 0.25) is 0 Å². The second-order valence-electron chi connectivity index (χ2n) is 8.68. The Kier molecular flexibility index (Phi) is 6.57. The van der Waals surface area contributed by atoms with Crippen LogP contribution in [0.4, 0.5) is 0 Å². The summed E-state index contributed by atoms with van der Waals surface area (Å²) in [6.45, 7) is 10.6. The van der Waals surface area contributed by atoms with E-state index in [4.69, 9.17) is 4.74 Å². The second kappa shape index (κ2) is 8.78. The van der Waals surface area contributed by atoms with Crippen LogP contribution in [-0.4, -0.2) is 29.9 Å². The highest BCUT2D eigenvalue weighted by Gasteiger charge is 2.43. The van der Waals surface area contributed by atoms with Gasteiger partial charge in [-0.25, -0.2) is 4.79 Å². The van der Waals surface area contributed by atoms with Crippen LogP contribution in [-0.2, 0) is 14.3 Å². The van der Waals surface area contributed by atoms with Crippen molar-refractivity contribution in [3.05, 3.63) is 57.9 Å². The normalized spacial score (nSPS) is 21.0. The molecule has 1 unspecified atom stereocenters. The number of nitrogens with one attached hydrogen (secondary N) is 1. The minimum absolute atomic E-state index is 0.0876. The number of carbonyl (C=O) groups excluding carboxylic acids is 2. The van der Waals surface area contributed by atoms with E-state index in [0.717, 1.165) is 46.0 Å². The SMILES string of the molecule is CCSCCOC(=O)C1=C(C)NC2=C(C(=O)CC(C)(C)C2)C1c1cccc(C)c1. The molecule has 3 rings (SSSR count). The molecule has 5 heteroatoms. The van der Waals surface area contributed by atoms with Gasteiger partial charge in [-0.15, -0.1) is 0 Å². The molecule has 0 amide bonds. The fourth-order valence-corrected chi connectivity index (χ4v) is 4.79. The quantitative estimate of drug-likeness (QED) is 0.531. The van der Waals surface area contributed by atoms with Gasteiger partial charge in [0, 0.05) is 35.1 Å². The zero-order valence-corrected chi connectivity index (χ0v) is 18.9. The van der Waals surface area contributed by atoms with Crippen molar-refractivity contribution in [3.8, 4) is 0 Å². The number of hydrogen-bond acceptors (Lipinski definition) is 5. The van der Waals surface area contributed by atoms with Crippen molar-refractivity contribution in [2.24, 2.45) is 5.41 Å². The lowest BCUT2D eigenvalue weighted by molar-refractivity contribution is -0.138. The van der Waals surface area contributed by atoms with Gasteiger partial charge in [-0.3, -0.25) is 4.79 Å². The minimum atomic E-state index is -0.374. The Morgan fingerprint density at radius 1 is 1.28 bits per heavy atom. The van der Waals surface area contributed by atoms with E-state index in [1.54, 1.807) is 11.8 Å². The zero-order chi connectivity index (χ0) is 21.2. The van der Waals surface area contributed by atoms with E-state index in [-0.39, 0.29) is 23.1 Å². The molecular formula is C24H31NO3S. The summed E-state index contributed by atoms with van der Waals surface area (Å²) in [5.41, 5.74) is 5.02. The molecule has 156 valence electrons. The van der Waals surface area contributed by atoms with Crippen LogP contribution in [0.25, 0.3) is 0 Å². The lowest BCUT2D eigenvalue weighted by Gasteiger charge is -2.39. The first-order valence-electron chi connectivity index (χ1n) is 10.3. The molecular weight excluding hydrogens is 382 g/mol. The molecule has 1 aliphatic carbocycles. The standard InChI is InChI=1S/C24H31NO3S/c1-6-29-11-10-28-23(27)20-16(3)25-18-13-24(4,5)14-19(26)22(18)21(20)17-9-7-8-15(2)12-17/h7-9,12,21,25H,6,10-11,13-14H2,1-5H3. The maximum absolute atomic E-state index is 13.2. The summed E-state index contributed by atoms with van der Waals surface area (Å²) in [7, 11) is 0. The van der Waals surface area contributed by atoms with Crippen molar-refractivity contribution in [2.45, 2.75) is 53.4 Å². The van der Waals surface area contributed by atoms with Crippen LogP contribution in [0.1, 0.15) is 57.6 Å². The van der Waals surface area contributed by atoms with Crippen LogP contribution in [0, 0.1) is 12.3 Å². The van der Waals surface area contributed by atoms with Crippen LogP contribution in [0.2, 0.25) is 0 Å². The number of ether oxygens (including phenoxy) is 1. The molecule has 4 nitrogen and oxygen atoms in total. The molecule has 0 saturated carbocycles. The maximum atomic E-state index is 13.2. The first kappa shape index (κ1) is 21.7. The summed E-state index contributed by atoms with van der Waals surface area (Å²) in [4.78, 5) is 26.3. The third-order valence-corrected chi connectivity index (χ3v) is 6.36. The molecule has 1 aliphatic heterocycles. The monoisotopic (exact) mass is 413 g/mol. The van der Waals surface area contributed by atoms with E-state index in [9.17, 15) is 9.59 Å².